The number of unbranched alkanes of at least 4 members (excludes halogenated alkanes) is 14. The van der Waals surface area contributed by atoms with Crippen LogP contribution in [-0.2, 0) is 0 Å². The standard InChI is InChI=1S/C38H48N4O/c1-2-3-4-5-6-7-8-9-10-11-12-13-14-15-16-17-38(43)42-36-24-25-37(42)29-35-23-21-33(41-35)27-31-19-18-30(39-31)26-32-20-22-34(28-36)40-32/h18-29,39H,2-17H2,1H3. The number of aromatic nitrogens is 4. The normalized spacial score (nSPS) is 12.3. The highest BCUT2D eigenvalue weighted by Crippen LogP contribution is 2.21. The summed E-state index contributed by atoms with van der Waals surface area (Å²) in [6.45, 7) is 2.28. The maximum absolute atomic E-state index is 13.6. The first-order valence-corrected chi connectivity index (χ1v) is 16.8. The van der Waals surface area contributed by atoms with E-state index in [1.54, 1.807) is 0 Å². The summed E-state index contributed by atoms with van der Waals surface area (Å²) in [4.78, 5) is 26.5. The number of carbonyl (C=O) groups is 1. The van der Waals surface area contributed by atoms with Crippen molar-refractivity contribution in [2.75, 3.05) is 0 Å². The van der Waals surface area contributed by atoms with E-state index in [2.05, 4.69) is 11.9 Å². The number of nitrogens with zero attached hydrogens (tertiary/aromatic N) is 3. The summed E-state index contributed by atoms with van der Waals surface area (Å²) in [6.07, 6.45) is 28.4. The maximum atomic E-state index is 13.6. The first-order chi connectivity index (χ1) is 21.2. The van der Waals surface area contributed by atoms with Gasteiger partial charge in [0.2, 0.25) is 5.91 Å². The molecule has 43 heavy (non-hydrogen) atoms. The van der Waals surface area contributed by atoms with Gasteiger partial charge in [-0.2, -0.15) is 0 Å². The van der Waals surface area contributed by atoms with Crippen LogP contribution in [0.25, 0.3) is 46.4 Å². The summed E-state index contributed by atoms with van der Waals surface area (Å²) in [5.74, 6) is 0.132. The Morgan fingerprint density at radius 3 is 1.40 bits per heavy atom. The Morgan fingerprint density at radius 2 is 0.953 bits per heavy atom. The molecular weight excluding hydrogens is 528 g/mol. The van der Waals surface area contributed by atoms with Crippen molar-refractivity contribution in [2.24, 2.45) is 0 Å². The van der Waals surface area contributed by atoms with Gasteiger partial charge in [-0.25, -0.2) is 9.97 Å². The van der Waals surface area contributed by atoms with E-state index < -0.39 is 0 Å². The Balaban J connectivity index is 1.16. The number of fused-ring (bicyclic) bond motifs is 8. The molecule has 0 unspecified atom stereocenters. The Hall–Kier alpha value is -3.73. The zero-order valence-corrected chi connectivity index (χ0v) is 26.0. The van der Waals surface area contributed by atoms with Crippen LogP contribution >= 0.6 is 0 Å². The summed E-state index contributed by atoms with van der Waals surface area (Å²) in [5.41, 5.74) is 7.15. The largest absolute Gasteiger partial charge is 0.355 e. The second-order valence-electron chi connectivity index (χ2n) is 12.1. The summed E-state index contributed by atoms with van der Waals surface area (Å²) < 4.78 is 1.85. The third kappa shape index (κ3) is 9.38. The molecule has 0 fully saturated rings. The van der Waals surface area contributed by atoms with Crippen molar-refractivity contribution >= 4 is 52.3 Å². The summed E-state index contributed by atoms with van der Waals surface area (Å²) in [6, 6.07) is 16.2. The van der Waals surface area contributed by atoms with E-state index in [-0.39, 0.29) is 5.91 Å². The van der Waals surface area contributed by atoms with Gasteiger partial charge in [-0.1, -0.05) is 96.8 Å². The molecule has 2 aliphatic heterocycles. The minimum absolute atomic E-state index is 0.132. The SMILES string of the molecule is CCCCCCCCCCCCCCCCCC(=O)n1c2ccc1cc1nc(cc3ccc(cc4nc(c2)C=C4)[nH]3)C=C1. The van der Waals surface area contributed by atoms with E-state index in [0.29, 0.717) is 6.42 Å². The minimum atomic E-state index is 0.132. The number of H-pyrrole nitrogens is 1. The first kappa shape index (κ1) is 30.7. The van der Waals surface area contributed by atoms with Crippen LogP contribution in [0.2, 0.25) is 0 Å². The molecule has 3 aromatic heterocycles. The van der Waals surface area contributed by atoms with Gasteiger partial charge in [-0.05, 0) is 79.3 Å². The van der Waals surface area contributed by atoms with Gasteiger partial charge in [0.05, 0.1) is 33.8 Å². The molecule has 0 atom stereocenters. The van der Waals surface area contributed by atoms with Crippen molar-refractivity contribution in [1.29, 1.82) is 0 Å². The van der Waals surface area contributed by atoms with Gasteiger partial charge in [0.15, 0.2) is 0 Å². The predicted octanol–water partition coefficient (Wildman–Crippen LogP) is 11.0. The highest BCUT2D eigenvalue weighted by molar-refractivity contribution is 5.91. The van der Waals surface area contributed by atoms with Crippen LogP contribution in [0.15, 0.2) is 48.5 Å². The van der Waals surface area contributed by atoms with Crippen LogP contribution in [0.3, 0.4) is 0 Å². The molecule has 0 saturated carbocycles. The van der Waals surface area contributed by atoms with Crippen LogP contribution in [-0.4, -0.2) is 25.4 Å². The highest BCUT2D eigenvalue weighted by Gasteiger charge is 2.11. The third-order valence-electron chi connectivity index (χ3n) is 8.48. The van der Waals surface area contributed by atoms with Gasteiger partial charge >= 0.3 is 0 Å². The fraction of sp³-hybridized carbons (Fsp3) is 0.447. The lowest BCUT2D eigenvalue weighted by Crippen LogP contribution is -2.09. The second-order valence-corrected chi connectivity index (χ2v) is 12.1. The lowest BCUT2D eigenvalue weighted by Gasteiger charge is -2.06. The van der Waals surface area contributed by atoms with Crippen molar-refractivity contribution < 1.29 is 4.79 Å². The van der Waals surface area contributed by atoms with Crippen molar-refractivity contribution in [1.82, 2.24) is 19.5 Å². The lowest BCUT2D eigenvalue weighted by atomic mass is 10.0. The van der Waals surface area contributed by atoms with E-state index >= 15 is 0 Å². The third-order valence-corrected chi connectivity index (χ3v) is 8.48. The second kappa shape index (κ2) is 16.2. The zero-order valence-electron chi connectivity index (χ0n) is 26.0. The number of rotatable bonds is 16. The molecular formula is C38H48N4O. The number of carbonyl (C=O) groups excluding carboxylic acids is 1. The monoisotopic (exact) mass is 576 g/mol. The van der Waals surface area contributed by atoms with Crippen molar-refractivity contribution in [3.8, 4) is 0 Å². The average Bonchev–Trinajstić information content (AvgIpc) is 3.81. The van der Waals surface area contributed by atoms with E-state index in [9.17, 15) is 4.79 Å². The minimum Gasteiger partial charge on any atom is -0.355 e. The molecule has 0 amide bonds. The van der Waals surface area contributed by atoms with Crippen molar-refractivity contribution in [3.63, 3.8) is 0 Å². The average molecular weight is 577 g/mol. The molecule has 1 N–H and O–H groups in total. The van der Waals surface area contributed by atoms with E-state index in [4.69, 9.17) is 9.97 Å². The number of aromatic amines is 1. The van der Waals surface area contributed by atoms with Crippen molar-refractivity contribution in [2.45, 2.75) is 110 Å². The van der Waals surface area contributed by atoms with Crippen LogP contribution in [0.5, 0.6) is 0 Å². The van der Waals surface area contributed by atoms with Crippen LogP contribution in [0.1, 0.15) is 137 Å². The molecule has 5 heteroatoms. The van der Waals surface area contributed by atoms with Gasteiger partial charge in [-0.15, -0.1) is 0 Å². The molecule has 3 aromatic rings. The number of hydrogen-bond acceptors (Lipinski definition) is 3. The molecule has 5 nitrogen and oxygen atoms in total. The Kier molecular flexibility index (Phi) is 11.6. The molecule has 0 aliphatic carbocycles. The summed E-state index contributed by atoms with van der Waals surface area (Å²) >= 11 is 0. The van der Waals surface area contributed by atoms with E-state index in [0.717, 1.165) is 57.7 Å². The molecule has 0 saturated heterocycles. The molecule has 8 bridgehead atoms. The van der Waals surface area contributed by atoms with Crippen LogP contribution in [0.4, 0.5) is 0 Å². The first-order valence-electron chi connectivity index (χ1n) is 16.8. The molecule has 226 valence electrons. The van der Waals surface area contributed by atoms with Gasteiger partial charge < -0.3 is 4.98 Å². The Labute approximate surface area is 257 Å². The van der Waals surface area contributed by atoms with E-state index in [1.807, 2.05) is 77.4 Å². The highest BCUT2D eigenvalue weighted by atomic mass is 16.2. The quantitative estimate of drug-likeness (QED) is 0.119. The van der Waals surface area contributed by atoms with Gasteiger partial charge in [0, 0.05) is 17.5 Å². The maximum Gasteiger partial charge on any atom is 0.231 e. The Bertz CT molecular complexity index is 1480. The Morgan fingerprint density at radius 1 is 0.558 bits per heavy atom. The van der Waals surface area contributed by atoms with Gasteiger partial charge in [0.25, 0.3) is 0 Å². The fourth-order valence-electron chi connectivity index (χ4n) is 6.07. The zero-order chi connectivity index (χ0) is 29.7. The molecule has 2 aliphatic rings. The topological polar surface area (TPSA) is 63.6 Å². The van der Waals surface area contributed by atoms with Gasteiger partial charge in [0.1, 0.15) is 0 Å². The molecule has 5 heterocycles. The molecule has 0 spiro atoms. The fourth-order valence-corrected chi connectivity index (χ4v) is 6.07. The number of hydrogen-bond donors (Lipinski definition) is 1. The lowest BCUT2D eigenvalue weighted by molar-refractivity contribution is 0.0909. The smallest absolute Gasteiger partial charge is 0.231 e. The summed E-state index contributed by atoms with van der Waals surface area (Å²) in [7, 11) is 0. The van der Waals surface area contributed by atoms with Crippen molar-refractivity contribution in [3.05, 3.63) is 71.3 Å². The molecule has 0 radical (unpaired) electrons. The van der Waals surface area contributed by atoms with Gasteiger partial charge in [-0.3, -0.25) is 9.36 Å². The number of nitrogens with one attached hydrogen (secondary N) is 1. The predicted molar refractivity (Wildman–Crippen MR) is 183 cm³/mol. The molecule has 0 aromatic carbocycles. The van der Waals surface area contributed by atoms with Crippen LogP contribution in [0, 0.1) is 0 Å². The summed E-state index contributed by atoms with van der Waals surface area (Å²) in [5, 5.41) is 0. The van der Waals surface area contributed by atoms with Crippen LogP contribution < -0.4 is 0 Å². The molecule has 5 rings (SSSR count). The van der Waals surface area contributed by atoms with E-state index in [1.165, 1.54) is 83.5 Å².